The third-order valence-electron chi connectivity index (χ3n) is 9.24. The van der Waals surface area contributed by atoms with Crippen LogP contribution in [0.3, 0.4) is 0 Å². The number of nitrogens with one attached hydrogen (secondary N) is 1. The quantitative estimate of drug-likeness (QED) is 0.227. The standard InChI is InChI=1S/C41H26N2O2/c1-2-10-25(11-3-1)32-24-33-29-13-6-8-16-34(29)43(40(33)30-14-5-4-12-28(30)32)27-20-18-26(19-21-27)41-42-39-37(45-41)23-22-36-38(39)31-15-7-9-17-35(31)44-36/h1-24,41-42H. The maximum Gasteiger partial charge on any atom is 0.196 e. The van der Waals surface area contributed by atoms with Crippen LogP contribution in [0.1, 0.15) is 11.8 Å². The summed E-state index contributed by atoms with van der Waals surface area (Å²) in [5, 5.41) is 10.8. The van der Waals surface area contributed by atoms with Crippen molar-refractivity contribution < 1.29 is 9.15 Å². The number of para-hydroxylation sites is 2. The molecule has 4 heteroatoms. The highest BCUT2D eigenvalue weighted by Gasteiger charge is 2.27. The Bertz CT molecular complexity index is 2590. The largest absolute Gasteiger partial charge is 0.464 e. The van der Waals surface area contributed by atoms with Gasteiger partial charge < -0.3 is 19.0 Å². The highest BCUT2D eigenvalue weighted by molar-refractivity contribution is 6.22. The van der Waals surface area contributed by atoms with Gasteiger partial charge in [-0.3, -0.25) is 0 Å². The van der Waals surface area contributed by atoms with E-state index in [-0.39, 0.29) is 6.23 Å². The lowest BCUT2D eigenvalue weighted by Crippen LogP contribution is -2.10. The van der Waals surface area contributed by atoms with Crippen molar-refractivity contribution in [2.45, 2.75) is 6.23 Å². The van der Waals surface area contributed by atoms with E-state index in [1.54, 1.807) is 0 Å². The van der Waals surface area contributed by atoms with E-state index in [1.165, 1.54) is 43.7 Å². The van der Waals surface area contributed by atoms with Crippen molar-refractivity contribution in [3.8, 4) is 22.6 Å². The lowest BCUT2D eigenvalue weighted by molar-refractivity contribution is 0.260. The fourth-order valence-electron chi connectivity index (χ4n) is 7.22. The van der Waals surface area contributed by atoms with Crippen LogP contribution in [0.25, 0.3) is 71.3 Å². The van der Waals surface area contributed by atoms with Crippen molar-refractivity contribution >= 4 is 60.2 Å². The van der Waals surface area contributed by atoms with E-state index in [9.17, 15) is 0 Å². The molecule has 0 saturated heterocycles. The Labute approximate surface area is 258 Å². The molecule has 0 fully saturated rings. The summed E-state index contributed by atoms with van der Waals surface area (Å²) >= 11 is 0. The SMILES string of the molecule is c1ccc(-c2cc3c4ccccc4n(-c4ccc(C5Nc6c(ccc7oc8ccccc8c67)O5)cc4)c3c3ccccc23)cc1. The van der Waals surface area contributed by atoms with E-state index >= 15 is 0 Å². The Morgan fingerprint density at radius 3 is 2.11 bits per heavy atom. The average Bonchev–Trinajstić information content (AvgIpc) is 3.80. The summed E-state index contributed by atoms with van der Waals surface area (Å²) in [5.41, 5.74) is 9.77. The highest BCUT2D eigenvalue weighted by atomic mass is 16.5. The van der Waals surface area contributed by atoms with Gasteiger partial charge in [-0.1, -0.05) is 103 Å². The molecule has 1 N–H and O–H groups in total. The molecule has 0 amide bonds. The molecule has 4 nitrogen and oxygen atoms in total. The highest BCUT2D eigenvalue weighted by Crippen LogP contribution is 2.47. The number of fused-ring (bicyclic) bond motifs is 10. The van der Waals surface area contributed by atoms with Crippen LogP contribution in [-0.2, 0) is 0 Å². The minimum Gasteiger partial charge on any atom is -0.464 e. The van der Waals surface area contributed by atoms with Crippen molar-refractivity contribution in [3.05, 3.63) is 151 Å². The van der Waals surface area contributed by atoms with E-state index < -0.39 is 0 Å². The van der Waals surface area contributed by atoms with E-state index in [1.807, 2.05) is 30.3 Å². The zero-order valence-corrected chi connectivity index (χ0v) is 24.2. The predicted octanol–water partition coefficient (Wildman–Crippen LogP) is 11.0. The molecule has 0 aliphatic carbocycles. The molecule has 7 aromatic carbocycles. The Kier molecular flexibility index (Phi) is 5.02. The number of benzene rings is 7. The topological polar surface area (TPSA) is 39.3 Å². The Morgan fingerprint density at radius 2 is 1.27 bits per heavy atom. The van der Waals surface area contributed by atoms with E-state index in [2.05, 4.69) is 125 Å². The van der Waals surface area contributed by atoms with Crippen molar-refractivity contribution in [2.75, 3.05) is 5.32 Å². The first-order valence-electron chi connectivity index (χ1n) is 15.3. The molecule has 0 saturated carbocycles. The fraction of sp³-hybridized carbons (Fsp3) is 0.0244. The summed E-state index contributed by atoms with van der Waals surface area (Å²) in [7, 11) is 0. The molecule has 212 valence electrons. The van der Waals surface area contributed by atoms with Gasteiger partial charge in [-0.2, -0.15) is 0 Å². The summed E-state index contributed by atoms with van der Waals surface area (Å²) in [6, 6.07) is 51.4. The maximum atomic E-state index is 6.44. The van der Waals surface area contributed by atoms with Gasteiger partial charge in [-0.15, -0.1) is 0 Å². The van der Waals surface area contributed by atoms with Gasteiger partial charge in [0.15, 0.2) is 6.23 Å². The second-order valence-corrected chi connectivity index (χ2v) is 11.7. The maximum absolute atomic E-state index is 6.44. The van der Waals surface area contributed by atoms with Crippen LogP contribution >= 0.6 is 0 Å². The van der Waals surface area contributed by atoms with Gasteiger partial charge in [0.2, 0.25) is 0 Å². The number of rotatable bonds is 3. The first-order valence-corrected chi connectivity index (χ1v) is 15.3. The average molecular weight is 579 g/mol. The van der Waals surface area contributed by atoms with Crippen molar-refractivity contribution in [3.63, 3.8) is 0 Å². The zero-order chi connectivity index (χ0) is 29.5. The first-order chi connectivity index (χ1) is 22.3. The first kappa shape index (κ1) is 24.4. The second kappa shape index (κ2) is 9.25. The molecule has 1 atom stereocenters. The molecule has 0 spiro atoms. The molecular formula is C41H26N2O2. The second-order valence-electron chi connectivity index (χ2n) is 11.7. The molecule has 2 aromatic heterocycles. The van der Waals surface area contributed by atoms with E-state index in [0.29, 0.717) is 0 Å². The molecule has 3 heterocycles. The molecule has 9 aromatic rings. The molecule has 10 rings (SSSR count). The number of hydrogen-bond donors (Lipinski definition) is 1. The van der Waals surface area contributed by atoms with Crippen molar-refractivity contribution in [2.24, 2.45) is 0 Å². The lowest BCUT2D eigenvalue weighted by Gasteiger charge is -2.15. The Balaban J connectivity index is 1.11. The van der Waals surface area contributed by atoms with Crippen molar-refractivity contribution in [1.82, 2.24) is 4.57 Å². The fourth-order valence-corrected chi connectivity index (χ4v) is 7.22. The van der Waals surface area contributed by atoms with Crippen LogP contribution in [0.4, 0.5) is 5.69 Å². The molecular weight excluding hydrogens is 552 g/mol. The van der Waals surface area contributed by atoms with Gasteiger partial charge in [0.1, 0.15) is 16.9 Å². The number of furan rings is 1. The van der Waals surface area contributed by atoms with Crippen LogP contribution < -0.4 is 10.1 Å². The number of hydrogen-bond acceptors (Lipinski definition) is 3. The molecule has 1 aliphatic rings. The minimum atomic E-state index is -0.291. The number of aromatic nitrogens is 1. The minimum absolute atomic E-state index is 0.291. The van der Waals surface area contributed by atoms with Gasteiger partial charge >= 0.3 is 0 Å². The normalized spacial score (nSPS) is 14.4. The molecule has 45 heavy (non-hydrogen) atoms. The van der Waals surface area contributed by atoms with E-state index in [0.717, 1.165) is 44.6 Å². The summed E-state index contributed by atoms with van der Waals surface area (Å²) in [6.45, 7) is 0. The molecule has 0 bridgehead atoms. The summed E-state index contributed by atoms with van der Waals surface area (Å²) in [6.07, 6.45) is -0.291. The van der Waals surface area contributed by atoms with E-state index in [4.69, 9.17) is 9.15 Å². The molecule has 1 unspecified atom stereocenters. The van der Waals surface area contributed by atoms with Crippen LogP contribution in [0.2, 0.25) is 0 Å². The van der Waals surface area contributed by atoms with Gasteiger partial charge in [0.25, 0.3) is 0 Å². The number of anilines is 1. The number of nitrogens with zero attached hydrogens (tertiary/aromatic N) is 1. The van der Waals surface area contributed by atoms with Gasteiger partial charge in [0, 0.05) is 32.8 Å². The Hall–Kier alpha value is -6.00. The Morgan fingerprint density at radius 1 is 0.556 bits per heavy atom. The van der Waals surface area contributed by atoms with Gasteiger partial charge in [-0.25, -0.2) is 0 Å². The third kappa shape index (κ3) is 3.54. The third-order valence-corrected chi connectivity index (χ3v) is 9.24. The summed E-state index contributed by atoms with van der Waals surface area (Å²) in [5.74, 6) is 0.839. The molecule has 0 radical (unpaired) electrons. The van der Waals surface area contributed by atoms with Crippen molar-refractivity contribution in [1.29, 1.82) is 0 Å². The smallest absolute Gasteiger partial charge is 0.196 e. The monoisotopic (exact) mass is 578 g/mol. The zero-order valence-electron chi connectivity index (χ0n) is 24.2. The van der Waals surface area contributed by atoms with Gasteiger partial charge in [-0.05, 0) is 59.0 Å². The summed E-state index contributed by atoms with van der Waals surface area (Å²) < 4.78 is 15.0. The summed E-state index contributed by atoms with van der Waals surface area (Å²) in [4.78, 5) is 0. The van der Waals surface area contributed by atoms with Crippen LogP contribution in [0.5, 0.6) is 5.75 Å². The van der Waals surface area contributed by atoms with Crippen LogP contribution in [0, 0.1) is 0 Å². The van der Waals surface area contributed by atoms with Crippen LogP contribution in [0.15, 0.2) is 150 Å². The van der Waals surface area contributed by atoms with Gasteiger partial charge in [0.05, 0.1) is 22.1 Å². The molecule has 1 aliphatic heterocycles. The lowest BCUT2D eigenvalue weighted by atomic mass is 9.95. The van der Waals surface area contributed by atoms with Crippen LogP contribution in [-0.4, -0.2) is 4.57 Å². The number of ether oxygens (including phenoxy) is 1. The predicted molar refractivity (Wildman–Crippen MR) is 184 cm³/mol.